The highest BCUT2D eigenvalue weighted by Gasteiger charge is 2.20. The SMILES string of the molecule is COC(=O)CN(C(=O)CCOc1ccccc1C)C(C)C. The molecule has 0 aliphatic rings. The molecule has 5 heteroatoms. The summed E-state index contributed by atoms with van der Waals surface area (Å²) in [6.07, 6.45) is 0.226. The second-order valence-corrected chi connectivity index (χ2v) is 5.06. The van der Waals surface area contributed by atoms with Crippen LogP contribution in [0.25, 0.3) is 0 Å². The van der Waals surface area contributed by atoms with Crippen molar-refractivity contribution in [3.05, 3.63) is 29.8 Å². The maximum atomic E-state index is 12.1. The Morgan fingerprint density at radius 2 is 1.90 bits per heavy atom. The number of ether oxygens (including phenoxy) is 2. The lowest BCUT2D eigenvalue weighted by molar-refractivity contribution is -0.148. The predicted octanol–water partition coefficient (Wildman–Crippen LogP) is 2.17. The van der Waals surface area contributed by atoms with Gasteiger partial charge < -0.3 is 14.4 Å². The van der Waals surface area contributed by atoms with Crippen LogP contribution in [0.1, 0.15) is 25.8 Å². The zero-order valence-electron chi connectivity index (χ0n) is 13.1. The van der Waals surface area contributed by atoms with E-state index < -0.39 is 5.97 Å². The van der Waals surface area contributed by atoms with Crippen molar-refractivity contribution in [2.24, 2.45) is 0 Å². The minimum absolute atomic E-state index is 0.0304. The molecule has 0 fully saturated rings. The lowest BCUT2D eigenvalue weighted by atomic mass is 10.2. The van der Waals surface area contributed by atoms with Gasteiger partial charge in [0.2, 0.25) is 5.91 Å². The van der Waals surface area contributed by atoms with E-state index in [1.807, 2.05) is 45.0 Å². The summed E-state index contributed by atoms with van der Waals surface area (Å²) in [4.78, 5) is 25.0. The fourth-order valence-corrected chi connectivity index (χ4v) is 1.87. The summed E-state index contributed by atoms with van der Waals surface area (Å²) in [6.45, 7) is 5.94. The molecule has 0 spiro atoms. The van der Waals surface area contributed by atoms with Crippen LogP contribution in [0.3, 0.4) is 0 Å². The van der Waals surface area contributed by atoms with Crippen LogP contribution < -0.4 is 4.74 Å². The van der Waals surface area contributed by atoms with Gasteiger partial charge in [-0.1, -0.05) is 18.2 Å². The Kier molecular flexibility index (Phi) is 6.72. The van der Waals surface area contributed by atoms with E-state index in [0.717, 1.165) is 11.3 Å². The fraction of sp³-hybridized carbons (Fsp3) is 0.500. The van der Waals surface area contributed by atoms with Crippen molar-refractivity contribution in [3.8, 4) is 5.75 Å². The molecule has 0 aromatic heterocycles. The second-order valence-electron chi connectivity index (χ2n) is 5.06. The van der Waals surface area contributed by atoms with Gasteiger partial charge in [-0.25, -0.2) is 0 Å². The number of carbonyl (C=O) groups is 2. The average molecular weight is 293 g/mol. The molecular formula is C16H23NO4. The van der Waals surface area contributed by atoms with E-state index in [-0.39, 0.29) is 31.5 Å². The van der Waals surface area contributed by atoms with E-state index in [0.29, 0.717) is 0 Å². The largest absolute Gasteiger partial charge is 0.493 e. The van der Waals surface area contributed by atoms with E-state index in [1.165, 1.54) is 12.0 Å². The Labute approximate surface area is 125 Å². The molecular weight excluding hydrogens is 270 g/mol. The summed E-state index contributed by atoms with van der Waals surface area (Å²) >= 11 is 0. The number of aryl methyl sites for hydroxylation is 1. The first-order chi connectivity index (χ1) is 9.95. The zero-order chi connectivity index (χ0) is 15.8. The Balaban J connectivity index is 2.50. The normalized spacial score (nSPS) is 10.3. The summed E-state index contributed by atoms with van der Waals surface area (Å²) < 4.78 is 10.2. The van der Waals surface area contributed by atoms with Gasteiger partial charge in [0.15, 0.2) is 0 Å². The molecule has 0 N–H and O–H groups in total. The van der Waals surface area contributed by atoms with Gasteiger partial charge in [0.1, 0.15) is 12.3 Å². The van der Waals surface area contributed by atoms with Gasteiger partial charge in [0.25, 0.3) is 0 Å². The first-order valence-corrected chi connectivity index (χ1v) is 7.00. The molecule has 1 aromatic rings. The topological polar surface area (TPSA) is 55.8 Å². The third-order valence-corrected chi connectivity index (χ3v) is 3.14. The van der Waals surface area contributed by atoms with Gasteiger partial charge >= 0.3 is 5.97 Å². The number of nitrogens with zero attached hydrogens (tertiary/aromatic N) is 1. The van der Waals surface area contributed by atoms with Crippen LogP contribution in [-0.4, -0.2) is 43.1 Å². The quantitative estimate of drug-likeness (QED) is 0.723. The lowest BCUT2D eigenvalue weighted by Gasteiger charge is -2.25. The summed E-state index contributed by atoms with van der Waals surface area (Å²) in [6, 6.07) is 7.59. The molecule has 0 heterocycles. The third-order valence-electron chi connectivity index (χ3n) is 3.14. The Bertz CT molecular complexity index is 485. The minimum Gasteiger partial charge on any atom is -0.493 e. The van der Waals surface area contributed by atoms with Crippen LogP contribution in [0.2, 0.25) is 0 Å². The number of hydrogen-bond donors (Lipinski definition) is 0. The van der Waals surface area contributed by atoms with Crippen LogP contribution in [0.15, 0.2) is 24.3 Å². The van der Waals surface area contributed by atoms with Gasteiger partial charge in [-0.15, -0.1) is 0 Å². The number of amides is 1. The molecule has 0 saturated heterocycles. The van der Waals surface area contributed by atoms with E-state index in [4.69, 9.17) is 4.74 Å². The number of hydrogen-bond acceptors (Lipinski definition) is 4. The van der Waals surface area contributed by atoms with Crippen molar-refractivity contribution in [2.75, 3.05) is 20.3 Å². The number of rotatable bonds is 7. The average Bonchev–Trinajstić information content (AvgIpc) is 2.45. The molecule has 1 aromatic carbocycles. The van der Waals surface area contributed by atoms with Crippen molar-refractivity contribution in [1.82, 2.24) is 4.90 Å². The molecule has 0 unspecified atom stereocenters. The van der Waals surface area contributed by atoms with Crippen LogP contribution in [0.4, 0.5) is 0 Å². The van der Waals surface area contributed by atoms with Gasteiger partial charge in [-0.05, 0) is 32.4 Å². The molecule has 116 valence electrons. The van der Waals surface area contributed by atoms with Crippen molar-refractivity contribution < 1.29 is 19.1 Å². The van der Waals surface area contributed by atoms with Crippen LogP contribution in [0, 0.1) is 6.92 Å². The lowest BCUT2D eigenvalue weighted by Crippen LogP contribution is -2.41. The van der Waals surface area contributed by atoms with Crippen molar-refractivity contribution in [1.29, 1.82) is 0 Å². The zero-order valence-corrected chi connectivity index (χ0v) is 13.1. The van der Waals surface area contributed by atoms with Crippen molar-refractivity contribution in [3.63, 3.8) is 0 Å². The Hall–Kier alpha value is -2.04. The van der Waals surface area contributed by atoms with Crippen LogP contribution in [-0.2, 0) is 14.3 Å². The number of benzene rings is 1. The molecule has 21 heavy (non-hydrogen) atoms. The first-order valence-electron chi connectivity index (χ1n) is 7.00. The predicted molar refractivity (Wildman–Crippen MR) is 80.2 cm³/mol. The standard InChI is InChI=1S/C16H23NO4/c1-12(2)17(11-16(19)20-4)15(18)9-10-21-14-8-6-5-7-13(14)3/h5-8,12H,9-11H2,1-4H3. The van der Waals surface area contributed by atoms with Crippen molar-refractivity contribution >= 4 is 11.9 Å². The minimum atomic E-state index is -0.420. The maximum absolute atomic E-state index is 12.1. The molecule has 1 rings (SSSR count). The Morgan fingerprint density at radius 1 is 1.24 bits per heavy atom. The molecule has 0 aliphatic heterocycles. The maximum Gasteiger partial charge on any atom is 0.325 e. The molecule has 0 saturated carbocycles. The van der Waals surface area contributed by atoms with Crippen molar-refractivity contribution in [2.45, 2.75) is 33.2 Å². The first kappa shape index (κ1) is 17.0. The number of esters is 1. The summed E-state index contributed by atoms with van der Waals surface area (Å²) in [5.74, 6) is 0.232. The second kappa shape index (κ2) is 8.29. The highest BCUT2D eigenvalue weighted by atomic mass is 16.5. The highest BCUT2D eigenvalue weighted by molar-refractivity contribution is 5.82. The van der Waals surface area contributed by atoms with Gasteiger partial charge in [0, 0.05) is 6.04 Å². The molecule has 5 nitrogen and oxygen atoms in total. The summed E-state index contributed by atoms with van der Waals surface area (Å²) in [5.41, 5.74) is 1.03. The van der Waals surface area contributed by atoms with Crippen LogP contribution >= 0.6 is 0 Å². The molecule has 0 aliphatic carbocycles. The van der Waals surface area contributed by atoms with E-state index in [9.17, 15) is 9.59 Å². The number of methoxy groups -OCH3 is 1. The van der Waals surface area contributed by atoms with Gasteiger partial charge in [-0.3, -0.25) is 9.59 Å². The van der Waals surface area contributed by atoms with Crippen LogP contribution in [0.5, 0.6) is 5.75 Å². The highest BCUT2D eigenvalue weighted by Crippen LogP contribution is 2.16. The molecule has 1 amide bonds. The summed E-state index contributed by atoms with van der Waals surface area (Å²) in [7, 11) is 1.31. The monoisotopic (exact) mass is 293 g/mol. The van der Waals surface area contributed by atoms with E-state index >= 15 is 0 Å². The smallest absolute Gasteiger partial charge is 0.325 e. The van der Waals surface area contributed by atoms with E-state index in [2.05, 4.69) is 4.74 Å². The Morgan fingerprint density at radius 3 is 2.48 bits per heavy atom. The molecule has 0 radical (unpaired) electrons. The third kappa shape index (κ3) is 5.45. The fourth-order valence-electron chi connectivity index (χ4n) is 1.87. The van der Waals surface area contributed by atoms with E-state index in [1.54, 1.807) is 0 Å². The summed E-state index contributed by atoms with van der Waals surface area (Å²) in [5, 5.41) is 0. The molecule has 0 atom stereocenters. The number of para-hydroxylation sites is 1. The molecule has 0 bridgehead atoms. The van der Waals surface area contributed by atoms with Gasteiger partial charge in [0.05, 0.1) is 20.1 Å². The van der Waals surface area contributed by atoms with Gasteiger partial charge in [-0.2, -0.15) is 0 Å². The number of carbonyl (C=O) groups excluding carboxylic acids is 2.